The first-order valence-corrected chi connectivity index (χ1v) is 9.76. The van der Waals surface area contributed by atoms with E-state index < -0.39 is 24.1 Å². The van der Waals surface area contributed by atoms with E-state index in [9.17, 15) is 19.5 Å². The Morgan fingerprint density at radius 1 is 1.23 bits per heavy atom. The number of hydrogen-bond donors (Lipinski definition) is 4. The lowest BCUT2D eigenvalue weighted by Crippen LogP contribution is -2.62. The van der Waals surface area contributed by atoms with E-state index in [4.69, 9.17) is 5.73 Å². The number of carboxylic acid groups (broad SMARTS) is 1. The second kappa shape index (κ2) is 9.64. The summed E-state index contributed by atoms with van der Waals surface area (Å²) in [5.74, 6) is 0.0747. The summed E-state index contributed by atoms with van der Waals surface area (Å²) in [7, 11) is 0. The highest BCUT2D eigenvalue weighted by Gasteiger charge is 2.45. The molecule has 0 aromatic rings. The molecule has 26 heavy (non-hydrogen) atoms. The Morgan fingerprint density at radius 2 is 1.96 bits per heavy atom. The molecular weight excluding hydrogens is 336 g/mol. The molecule has 8 nitrogen and oxygen atoms in total. The van der Waals surface area contributed by atoms with Gasteiger partial charge in [0.25, 0.3) is 0 Å². The van der Waals surface area contributed by atoms with Crippen LogP contribution in [-0.4, -0.2) is 53.2 Å². The molecule has 4 atom stereocenters. The van der Waals surface area contributed by atoms with Gasteiger partial charge in [0.15, 0.2) is 0 Å². The van der Waals surface area contributed by atoms with Gasteiger partial charge in [-0.05, 0) is 31.1 Å². The fourth-order valence-corrected chi connectivity index (χ4v) is 4.54. The molecule has 1 heterocycles. The smallest absolute Gasteiger partial charge is 0.407 e. The zero-order valence-electron chi connectivity index (χ0n) is 15.6. The van der Waals surface area contributed by atoms with Crippen LogP contribution in [-0.2, 0) is 4.79 Å². The molecule has 0 radical (unpaired) electrons. The molecule has 1 saturated carbocycles. The first kappa shape index (κ1) is 20.3. The Bertz CT molecular complexity index is 513. The van der Waals surface area contributed by atoms with E-state index in [2.05, 4.69) is 10.6 Å². The van der Waals surface area contributed by atoms with Crippen molar-refractivity contribution in [2.24, 2.45) is 17.6 Å². The maximum Gasteiger partial charge on any atom is 0.407 e. The predicted octanol–water partition coefficient (Wildman–Crippen LogP) is 1.89. The number of piperidine rings is 1. The maximum absolute atomic E-state index is 12.2. The number of fused-ring (bicyclic) bond motifs is 1. The lowest BCUT2D eigenvalue weighted by atomic mass is 9.68. The van der Waals surface area contributed by atoms with Crippen LogP contribution in [0.2, 0.25) is 0 Å². The zero-order chi connectivity index (χ0) is 19.1. The van der Waals surface area contributed by atoms with Crippen molar-refractivity contribution in [2.75, 3.05) is 13.1 Å². The molecule has 148 valence electrons. The lowest BCUT2D eigenvalue weighted by molar-refractivity contribution is -0.119. The number of hydrogen-bond acceptors (Lipinski definition) is 3. The standard InChI is InChI=1S/C18H32N4O4/c1-2-3-9-20-17(24)21-14(11-15(19)23)16-13-7-5-4-6-12(13)8-10-22(16)18(25)26/h12-14,16H,2-11H2,1H3,(H2,19,23)(H,25,26)(H2,20,21,24). The Labute approximate surface area is 154 Å². The highest BCUT2D eigenvalue weighted by atomic mass is 16.4. The van der Waals surface area contributed by atoms with Gasteiger partial charge in [0, 0.05) is 19.5 Å². The molecule has 1 aliphatic heterocycles. The van der Waals surface area contributed by atoms with Gasteiger partial charge in [0.05, 0.1) is 12.1 Å². The summed E-state index contributed by atoms with van der Waals surface area (Å²) in [6.07, 6.45) is 5.84. The number of urea groups is 1. The van der Waals surface area contributed by atoms with E-state index >= 15 is 0 Å². The maximum atomic E-state index is 12.2. The lowest BCUT2D eigenvalue weighted by Gasteiger charge is -2.49. The van der Waals surface area contributed by atoms with Crippen LogP contribution in [0.1, 0.15) is 58.3 Å². The Kier molecular flexibility index (Phi) is 7.53. The molecule has 1 aliphatic carbocycles. The van der Waals surface area contributed by atoms with Gasteiger partial charge in [0.1, 0.15) is 0 Å². The summed E-state index contributed by atoms with van der Waals surface area (Å²) < 4.78 is 0. The van der Waals surface area contributed by atoms with Gasteiger partial charge in [-0.25, -0.2) is 9.59 Å². The topological polar surface area (TPSA) is 125 Å². The van der Waals surface area contributed by atoms with Crippen LogP contribution >= 0.6 is 0 Å². The second-order valence-corrected chi connectivity index (χ2v) is 7.49. The fourth-order valence-electron chi connectivity index (χ4n) is 4.54. The number of rotatable bonds is 7. The van der Waals surface area contributed by atoms with Crippen molar-refractivity contribution in [3.8, 4) is 0 Å². The molecule has 8 heteroatoms. The minimum Gasteiger partial charge on any atom is -0.465 e. The van der Waals surface area contributed by atoms with Crippen LogP contribution in [0.4, 0.5) is 9.59 Å². The second-order valence-electron chi connectivity index (χ2n) is 7.49. The highest BCUT2D eigenvalue weighted by Crippen LogP contribution is 2.41. The Hall–Kier alpha value is -1.99. The van der Waals surface area contributed by atoms with Gasteiger partial charge in [-0.1, -0.05) is 32.6 Å². The summed E-state index contributed by atoms with van der Waals surface area (Å²) in [6.45, 7) is 3.02. The third-order valence-electron chi connectivity index (χ3n) is 5.72. The summed E-state index contributed by atoms with van der Waals surface area (Å²) in [5, 5.41) is 15.3. The van der Waals surface area contributed by atoms with E-state index in [1.165, 1.54) is 4.90 Å². The third kappa shape index (κ3) is 5.25. The van der Waals surface area contributed by atoms with E-state index in [1.807, 2.05) is 6.92 Å². The number of unbranched alkanes of at least 4 members (excludes halogenated alkanes) is 1. The van der Waals surface area contributed by atoms with Crippen molar-refractivity contribution in [3.05, 3.63) is 0 Å². The Morgan fingerprint density at radius 3 is 2.62 bits per heavy atom. The van der Waals surface area contributed by atoms with E-state index in [-0.39, 0.29) is 18.4 Å². The number of nitrogens with two attached hydrogens (primary N) is 1. The molecule has 2 rings (SSSR count). The van der Waals surface area contributed by atoms with Crippen LogP contribution in [0.25, 0.3) is 0 Å². The van der Waals surface area contributed by atoms with Crippen LogP contribution in [0.15, 0.2) is 0 Å². The first-order chi connectivity index (χ1) is 12.4. The molecule has 2 aliphatic rings. The SMILES string of the molecule is CCCCNC(=O)NC(CC(N)=O)C1C2CCCCC2CCN1C(=O)O. The molecule has 4 amide bonds. The molecule has 5 N–H and O–H groups in total. The fraction of sp³-hybridized carbons (Fsp3) is 0.833. The first-order valence-electron chi connectivity index (χ1n) is 9.76. The van der Waals surface area contributed by atoms with Gasteiger partial charge < -0.3 is 26.4 Å². The van der Waals surface area contributed by atoms with Gasteiger partial charge in [-0.15, -0.1) is 0 Å². The summed E-state index contributed by atoms with van der Waals surface area (Å²) in [4.78, 5) is 37.1. The van der Waals surface area contributed by atoms with E-state index in [0.717, 1.165) is 44.9 Å². The van der Waals surface area contributed by atoms with Crippen molar-refractivity contribution < 1.29 is 19.5 Å². The van der Waals surface area contributed by atoms with Gasteiger partial charge in [-0.2, -0.15) is 0 Å². The minimum atomic E-state index is -0.998. The monoisotopic (exact) mass is 368 g/mol. The van der Waals surface area contributed by atoms with Crippen molar-refractivity contribution in [1.29, 1.82) is 0 Å². The number of primary amides is 1. The van der Waals surface area contributed by atoms with Gasteiger partial charge in [-0.3, -0.25) is 4.79 Å². The van der Waals surface area contributed by atoms with E-state index in [0.29, 0.717) is 19.0 Å². The van der Waals surface area contributed by atoms with Gasteiger partial charge in [0.2, 0.25) is 5.91 Å². The van der Waals surface area contributed by atoms with Crippen LogP contribution in [0.3, 0.4) is 0 Å². The molecule has 1 saturated heterocycles. The van der Waals surface area contributed by atoms with Crippen molar-refractivity contribution in [2.45, 2.75) is 70.4 Å². The normalized spacial score (nSPS) is 26.5. The molecule has 4 unspecified atom stereocenters. The number of nitrogens with zero attached hydrogens (tertiary/aromatic N) is 1. The average molecular weight is 368 g/mol. The quantitative estimate of drug-likeness (QED) is 0.512. The number of nitrogens with one attached hydrogen (secondary N) is 2. The molecule has 0 spiro atoms. The minimum absolute atomic E-state index is 0.0567. The number of carbonyl (C=O) groups excluding carboxylic acids is 2. The summed E-state index contributed by atoms with van der Waals surface area (Å²) >= 11 is 0. The Balaban J connectivity index is 2.18. The molecular formula is C18H32N4O4. The molecule has 0 bridgehead atoms. The van der Waals surface area contributed by atoms with Crippen LogP contribution in [0, 0.1) is 11.8 Å². The molecule has 0 aromatic heterocycles. The summed E-state index contributed by atoms with van der Waals surface area (Å²) in [6, 6.07) is -1.37. The average Bonchev–Trinajstić information content (AvgIpc) is 2.59. The number of carbonyl (C=O) groups is 3. The zero-order valence-corrected chi connectivity index (χ0v) is 15.6. The predicted molar refractivity (Wildman–Crippen MR) is 97.6 cm³/mol. The van der Waals surface area contributed by atoms with Gasteiger partial charge >= 0.3 is 12.1 Å². The van der Waals surface area contributed by atoms with Crippen LogP contribution < -0.4 is 16.4 Å². The highest BCUT2D eigenvalue weighted by molar-refractivity contribution is 5.78. The van der Waals surface area contributed by atoms with Crippen molar-refractivity contribution in [1.82, 2.24) is 15.5 Å². The molecule has 2 fully saturated rings. The van der Waals surface area contributed by atoms with Crippen LogP contribution in [0.5, 0.6) is 0 Å². The number of amides is 4. The van der Waals surface area contributed by atoms with Crippen molar-refractivity contribution >= 4 is 18.0 Å². The van der Waals surface area contributed by atoms with E-state index in [1.54, 1.807) is 0 Å². The van der Waals surface area contributed by atoms with Crippen molar-refractivity contribution in [3.63, 3.8) is 0 Å². The number of likely N-dealkylation sites (tertiary alicyclic amines) is 1. The summed E-state index contributed by atoms with van der Waals surface area (Å²) in [5.41, 5.74) is 5.41. The molecule has 0 aromatic carbocycles. The largest absolute Gasteiger partial charge is 0.465 e. The third-order valence-corrected chi connectivity index (χ3v) is 5.72.